The van der Waals surface area contributed by atoms with Gasteiger partial charge >= 0.3 is 0 Å². The maximum atomic E-state index is 12.1. The number of hydrogen-bond donors (Lipinski definition) is 2. The van der Waals surface area contributed by atoms with Crippen LogP contribution in [-0.4, -0.2) is 51.7 Å². The van der Waals surface area contributed by atoms with Gasteiger partial charge in [0.25, 0.3) is 5.91 Å². The number of pyridine rings is 1. The molecule has 8 heteroatoms. The maximum absolute atomic E-state index is 12.1. The lowest BCUT2D eigenvalue weighted by Gasteiger charge is -2.35. The third kappa shape index (κ3) is 4.96. The molecule has 2 aromatic heterocycles. The van der Waals surface area contributed by atoms with Gasteiger partial charge in [-0.25, -0.2) is 4.98 Å². The van der Waals surface area contributed by atoms with Crippen molar-refractivity contribution in [3.63, 3.8) is 0 Å². The molecule has 1 unspecified atom stereocenters. The predicted molar refractivity (Wildman–Crippen MR) is 100 cm³/mol. The largest absolute Gasteiger partial charge is 0.369 e. The minimum absolute atomic E-state index is 0.227. The number of nitrogens with zero attached hydrogens (tertiary/aromatic N) is 4. The highest BCUT2D eigenvalue weighted by Gasteiger charge is 2.19. The Morgan fingerprint density at radius 1 is 1.40 bits per heavy atom. The number of rotatable bonds is 7. The van der Waals surface area contributed by atoms with Crippen molar-refractivity contribution in [1.29, 1.82) is 0 Å². The topological polar surface area (TPSA) is 83.0 Å². The van der Waals surface area contributed by atoms with E-state index >= 15 is 0 Å². The van der Waals surface area contributed by atoms with Gasteiger partial charge in [0.05, 0.1) is 5.56 Å². The summed E-state index contributed by atoms with van der Waals surface area (Å²) in [6, 6.07) is 4.32. The van der Waals surface area contributed by atoms with Gasteiger partial charge in [-0.1, -0.05) is 24.7 Å². The van der Waals surface area contributed by atoms with Crippen LogP contribution in [0.4, 0.5) is 10.9 Å². The summed E-state index contributed by atoms with van der Waals surface area (Å²) in [5, 5.41) is 14.0. The molecule has 1 atom stereocenters. The summed E-state index contributed by atoms with van der Waals surface area (Å²) in [4.78, 5) is 19.0. The maximum Gasteiger partial charge on any atom is 0.259 e. The van der Waals surface area contributed by atoms with Crippen molar-refractivity contribution in [1.82, 2.24) is 20.1 Å². The standard InChI is InChI=1S/C17H24N6OS/c1-2-14-5-3-4-9-23(14)10-8-18-15-7-6-13(11-19-15)16(24)21-17-22-20-12-25-17/h6-7,11-12,14H,2-5,8-10H2,1H3,(H,18,19)(H,21,22,24). The fourth-order valence-corrected chi connectivity index (χ4v) is 3.61. The quantitative estimate of drug-likeness (QED) is 0.790. The van der Waals surface area contributed by atoms with Crippen molar-refractivity contribution in [2.75, 3.05) is 30.3 Å². The van der Waals surface area contributed by atoms with E-state index in [9.17, 15) is 4.79 Å². The Kier molecular flexibility index (Phi) is 6.30. The molecule has 1 aliphatic heterocycles. The zero-order valence-corrected chi connectivity index (χ0v) is 15.3. The van der Waals surface area contributed by atoms with E-state index in [2.05, 4.69) is 37.6 Å². The van der Waals surface area contributed by atoms with Crippen LogP contribution in [0.5, 0.6) is 0 Å². The average Bonchev–Trinajstić information content (AvgIpc) is 3.15. The third-order valence-corrected chi connectivity index (χ3v) is 5.14. The molecular formula is C17H24N6OS. The molecule has 3 rings (SSSR count). The number of carbonyl (C=O) groups is 1. The fraction of sp³-hybridized carbons (Fsp3) is 0.529. The first-order valence-electron chi connectivity index (χ1n) is 8.77. The molecule has 0 saturated carbocycles. The highest BCUT2D eigenvalue weighted by atomic mass is 32.1. The monoisotopic (exact) mass is 360 g/mol. The second-order valence-corrected chi connectivity index (χ2v) is 6.98. The van der Waals surface area contributed by atoms with Gasteiger partial charge in [-0.05, 0) is 37.9 Å². The minimum Gasteiger partial charge on any atom is -0.369 e. The van der Waals surface area contributed by atoms with Crippen molar-refractivity contribution < 1.29 is 4.79 Å². The van der Waals surface area contributed by atoms with E-state index in [-0.39, 0.29) is 5.91 Å². The molecule has 2 aromatic rings. The Hall–Kier alpha value is -2.06. The Morgan fingerprint density at radius 3 is 3.04 bits per heavy atom. The predicted octanol–water partition coefficient (Wildman–Crippen LogP) is 2.86. The first-order valence-corrected chi connectivity index (χ1v) is 9.65. The van der Waals surface area contributed by atoms with E-state index < -0.39 is 0 Å². The van der Waals surface area contributed by atoms with Gasteiger partial charge in [0.1, 0.15) is 11.3 Å². The lowest BCUT2D eigenvalue weighted by molar-refractivity contribution is 0.102. The molecule has 2 N–H and O–H groups in total. The van der Waals surface area contributed by atoms with Gasteiger partial charge in [-0.3, -0.25) is 15.0 Å². The van der Waals surface area contributed by atoms with E-state index in [0.717, 1.165) is 24.9 Å². The normalized spacial score (nSPS) is 18.0. The molecule has 0 bridgehead atoms. The van der Waals surface area contributed by atoms with E-state index in [1.165, 1.54) is 43.6 Å². The summed E-state index contributed by atoms with van der Waals surface area (Å²) in [7, 11) is 0. The molecule has 1 saturated heterocycles. The van der Waals surface area contributed by atoms with Crippen LogP contribution in [0, 0.1) is 0 Å². The number of piperidine rings is 1. The van der Waals surface area contributed by atoms with Crippen LogP contribution in [-0.2, 0) is 0 Å². The van der Waals surface area contributed by atoms with E-state index in [1.54, 1.807) is 17.8 Å². The van der Waals surface area contributed by atoms with Crippen LogP contribution in [0.3, 0.4) is 0 Å². The first kappa shape index (κ1) is 17.8. The minimum atomic E-state index is -0.227. The highest BCUT2D eigenvalue weighted by Crippen LogP contribution is 2.19. The van der Waals surface area contributed by atoms with E-state index in [0.29, 0.717) is 10.7 Å². The summed E-state index contributed by atoms with van der Waals surface area (Å²) in [5.74, 6) is 0.562. The number of anilines is 2. The number of amides is 1. The molecular weight excluding hydrogens is 336 g/mol. The lowest BCUT2D eigenvalue weighted by Crippen LogP contribution is -2.41. The molecule has 1 fully saturated rings. The second kappa shape index (κ2) is 8.87. The summed E-state index contributed by atoms with van der Waals surface area (Å²) in [6.07, 6.45) is 6.76. The van der Waals surface area contributed by atoms with Gasteiger partial charge in [-0.2, -0.15) is 0 Å². The van der Waals surface area contributed by atoms with E-state index in [4.69, 9.17) is 0 Å². The molecule has 7 nitrogen and oxygen atoms in total. The van der Waals surface area contributed by atoms with Crippen LogP contribution in [0.15, 0.2) is 23.8 Å². The van der Waals surface area contributed by atoms with Gasteiger partial charge in [0.15, 0.2) is 0 Å². The third-order valence-electron chi connectivity index (χ3n) is 4.53. The van der Waals surface area contributed by atoms with Gasteiger partial charge in [0.2, 0.25) is 5.13 Å². The van der Waals surface area contributed by atoms with Crippen LogP contribution in [0.25, 0.3) is 0 Å². The van der Waals surface area contributed by atoms with Crippen molar-refractivity contribution in [3.05, 3.63) is 29.4 Å². The number of carbonyl (C=O) groups excluding carboxylic acids is 1. The van der Waals surface area contributed by atoms with Crippen LogP contribution < -0.4 is 10.6 Å². The van der Waals surface area contributed by atoms with Crippen molar-refractivity contribution >= 4 is 28.2 Å². The molecule has 0 spiro atoms. The zero-order valence-electron chi connectivity index (χ0n) is 14.4. The number of nitrogens with one attached hydrogen (secondary N) is 2. The zero-order chi connectivity index (χ0) is 17.5. The summed E-state index contributed by atoms with van der Waals surface area (Å²) < 4.78 is 0. The molecule has 1 aliphatic rings. The van der Waals surface area contributed by atoms with Gasteiger partial charge in [0, 0.05) is 25.3 Å². The molecule has 0 aliphatic carbocycles. The Morgan fingerprint density at radius 2 is 2.32 bits per heavy atom. The molecule has 0 radical (unpaired) electrons. The van der Waals surface area contributed by atoms with Crippen molar-refractivity contribution in [2.24, 2.45) is 0 Å². The van der Waals surface area contributed by atoms with Crippen molar-refractivity contribution in [3.8, 4) is 0 Å². The number of aromatic nitrogens is 3. The summed E-state index contributed by atoms with van der Waals surface area (Å²) in [6.45, 7) is 5.35. The Labute approximate surface area is 151 Å². The second-order valence-electron chi connectivity index (χ2n) is 6.15. The Balaban J connectivity index is 1.46. The van der Waals surface area contributed by atoms with Gasteiger partial charge < -0.3 is 5.32 Å². The first-order chi connectivity index (χ1) is 12.3. The lowest BCUT2D eigenvalue weighted by atomic mass is 10.0. The van der Waals surface area contributed by atoms with Gasteiger partial charge in [-0.15, -0.1) is 10.2 Å². The van der Waals surface area contributed by atoms with E-state index in [1.807, 2.05) is 6.07 Å². The molecule has 25 heavy (non-hydrogen) atoms. The summed E-state index contributed by atoms with van der Waals surface area (Å²) >= 11 is 1.28. The van der Waals surface area contributed by atoms with Crippen LogP contribution >= 0.6 is 11.3 Å². The SMILES string of the molecule is CCC1CCCCN1CCNc1ccc(C(=O)Nc2nncs2)cn1. The fourth-order valence-electron chi connectivity index (χ4n) is 3.17. The smallest absolute Gasteiger partial charge is 0.259 e. The van der Waals surface area contributed by atoms with Crippen LogP contribution in [0.2, 0.25) is 0 Å². The van der Waals surface area contributed by atoms with Crippen molar-refractivity contribution in [2.45, 2.75) is 38.6 Å². The highest BCUT2D eigenvalue weighted by molar-refractivity contribution is 7.13. The average molecular weight is 360 g/mol. The molecule has 0 aromatic carbocycles. The number of hydrogen-bond acceptors (Lipinski definition) is 7. The summed E-state index contributed by atoms with van der Waals surface area (Å²) in [5.41, 5.74) is 2.08. The molecule has 3 heterocycles. The Bertz CT molecular complexity index is 660. The molecule has 134 valence electrons. The number of likely N-dealkylation sites (tertiary alicyclic amines) is 1. The van der Waals surface area contributed by atoms with Crippen LogP contribution in [0.1, 0.15) is 43.0 Å². The molecule has 1 amide bonds.